The third kappa shape index (κ3) is 3.49. The van der Waals surface area contributed by atoms with E-state index in [0.717, 1.165) is 11.8 Å². The Balaban J connectivity index is 1.43. The molecule has 2 heterocycles. The van der Waals surface area contributed by atoms with Gasteiger partial charge in [0.2, 0.25) is 0 Å². The van der Waals surface area contributed by atoms with Crippen molar-refractivity contribution < 1.29 is 18.3 Å². The fourth-order valence-electron chi connectivity index (χ4n) is 3.52. The molecule has 4 rings (SSSR count). The van der Waals surface area contributed by atoms with Gasteiger partial charge in [-0.3, -0.25) is 0 Å². The van der Waals surface area contributed by atoms with Gasteiger partial charge in [0.15, 0.2) is 0 Å². The van der Waals surface area contributed by atoms with E-state index in [1.54, 1.807) is 11.1 Å². The summed E-state index contributed by atoms with van der Waals surface area (Å²) in [5.74, 6) is -0.589. The summed E-state index contributed by atoms with van der Waals surface area (Å²) in [5, 5.41) is 5.41. The smallest absolute Gasteiger partial charge is 0.341 e. The molecule has 0 spiro atoms. The molecule has 0 aromatic heterocycles. The number of rotatable bonds is 3. The zero-order valence-corrected chi connectivity index (χ0v) is 14.8. The van der Waals surface area contributed by atoms with Gasteiger partial charge in [-0.05, 0) is 36.8 Å². The molecule has 140 valence electrons. The number of carbonyl (C=O) groups is 1. The van der Waals surface area contributed by atoms with Crippen LogP contribution in [-0.4, -0.2) is 40.8 Å². The van der Waals surface area contributed by atoms with Gasteiger partial charge in [-0.25, -0.2) is 18.6 Å². The van der Waals surface area contributed by atoms with Gasteiger partial charge in [-0.2, -0.15) is 5.10 Å². The second kappa shape index (κ2) is 6.64. The summed E-state index contributed by atoms with van der Waals surface area (Å²) in [6, 6.07) is 11.9. The summed E-state index contributed by atoms with van der Waals surface area (Å²) in [7, 11) is 0. The Morgan fingerprint density at radius 2 is 1.81 bits per heavy atom. The Kier molecular flexibility index (Phi) is 4.30. The molecule has 0 saturated carbocycles. The number of likely N-dealkylation sites (tertiary alicyclic amines) is 1. The summed E-state index contributed by atoms with van der Waals surface area (Å²) in [5.41, 5.74) is -0.0804. The second-order valence-corrected chi connectivity index (χ2v) is 7.10. The van der Waals surface area contributed by atoms with E-state index in [1.807, 2.05) is 37.3 Å². The molecule has 2 aromatic carbocycles. The average molecular weight is 371 g/mol. The summed E-state index contributed by atoms with van der Waals surface area (Å²) >= 11 is 0. The number of hydrogen-bond donors (Lipinski definition) is 0. The van der Waals surface area contributed by atoms with Crippen LogP contribution in [0.1, 0.15) is 24.9 Å². The first-order chi connectivity index (χ1) is 12.9. The van der Waals surface area contributed by atoms with Crippen molar-refractivity contribution in [3.8, 4) is 5.75 Å². The molecular formula is C20H19F2N3O2. The maximum Gasteiger partial charge on any atom is 0.341 e. The molecule has 27 heavy (non-hydrogen) atoms. The van der Waals surface area contributed by atoms with Gasteiger partial charge in [0.25, 0.3) is 0 Å². The molecule has 2 aromatic rings. The third-order valence-corrected chi connectivity index (χ3v) is 4.72. The van der Waals surface area contributed by atoms with E-state index in [-0.39, 0.29) is 6.03 Å². The normalized spacial score (nSPS) is 20.5. The van der Waals surface area contributed by atoms with Crippen LogP contribution in [0.25, 0.3) is 0 Å². The van der Waals surface area contributed by atoms with Crippen molar-refractivity contribution in [2.45, 2.75) is 25.0 Å². The van der Waals surface area contributed by atoms with E-state index in [4.69, 9.17) is 4.74 Å². The van der Waals surface area contributed by atoms with Crippen LogP contribution in [0.15, 0.2) is 53.6 Å². The van der Waals surface area contributed by atoms with Crippen LogP contribution in [0, 0.1) is 11.6 Å². The van der Waals surface area contributed by atoms with Gasteiger partial charge in [-0.1, -0.05) is 18.2 Å². The Labute approximate surface area is 155 Å². The molecule has 1 atom stereocenters. The van der Waals surface area contributed by atoms with Crippen molar-refractivity contribution in [2.75, 3.05) is 13.1 Å². The van der Waals surface area contributed by atoms with Crippen molar-refractivity contribution in [1.82, 2.24) is 9.91 Å². The predicted octanol–water partition coefficient (Wildman–Crippen LogP) is 3.97. The van der Waals surface area contributed by atoms with Crippen molar-refractivity contribution in [3.05, 3.63) is 65.7 Å². The van der Waals surface area contributed by atoms with Gasteiger partial charge in [0, 0.05) is 18.7 Å². The topological polar surface area (TPSA) is 45.1 Å². The third-order valence-electron chi connectivity index (χ3n) is 4.72. The van der Waals surface area contributed by atoms with E-state index in [1.165, 1.54) is 17.1 Å². The fourth-order valence-corrected chi connectivity index (χ4v) is 3.52. The van der Waals surface area contributed by atoms with Gasteiger partial charge in [0.05, 0.1) is 19.1 Å². The maximum atomic E-state index is 13.5. The summed E-state index contributed by atoms with van der Waals surface area (Å²) in [4.78, 5) is 14.4. The van der Waals surface area contributed by atoms with E-state index < -0.39 is 23.3 Å². The zero-order valence-electron chi connectivity index (χ0n) is 14.8. The molecule has 0 N–H and O–H groups in total. The lowest BCUT2D eigenvalue weighted by Crippen LogP contribution is -2.66. The van der Waals surface area contributed by atoms with E-state index >= 15 is 0 Å². The first-order valence-corrected chi connectivity index (χ1v) is 8.74. The Bertz CT molecular complexity index is 862. The monoisotopic (exact) mass is 371 g/mol. The van der Waals surface area contributed by atoms with Crippen molar-refractivity contribution in [2.24, 2.45) is 5.10 Å². The van der Waals surface area contributed by atoms with Crippen LogP contribution in [0.3, 0.4) is 0 Å². The molecular weight excluding hydrogens is 352 g/mol. The highest BCUT2D eigenvalue weighted by Crippen LogP contribution is 2.34. The number of ether oxygens (including phenoxy) is 1. The van der Waals surface area contributed by atoms with Crippen molar-refractivity contribution in [3.63, 3.8) is 0 Å². The van der Waals surface area contributed by atoms with E-state index in [0.29, 0.717) is 25.1 Å². The SMILES string of the molecule is CC1(Oc2ccccc2)CN(C(=O)N2N=CCC2c2cc(F)cc(F)c2)C1. The molecule has 7 heteroatoms. The minimum atomic E-state index is -0.669. The van der Waals surface area contributed by atoms with Gasteiger partial charge in [0.1, 0.15) is 23.0 Å². The summed E-state index contributed by atoms with van der Waals surface area (Å²) in [6.45, 7) is 2.77. The van der Waals surface area contributed by atoms with Gasteiger partial charge >= 0.3 is 6.03 Å². The Morgan fingerprint density at radius 3 is 2.48 bits per heavy atom. The second-order valence-electron chi connectivity index (χ2n) is 7.10. The molecule has 2 amide bonds. The number of amides is 2. The van der Waals surface area contributed by atoms with Crippen LogP contribution < -0.4 is 4.74 Å². The van der Waals surface area contributed by atoms with E-state index in [2.05, 4.69) is 5.10 Å². The number of hydrogen-bond acceptors (Lipinski definition) is 3. The van der Waals surface area contributed by atoms with Crippen LogP contribution >= 0.6 is 0 Å². The van der Waals surface area contributed by atoms with Crippen molar-refractivity contribution in [1.29, 1.82) is 0 Å². The number of hydrazone groups is 1. The highest BCUT2D eigenvalue weighted by atomic mass is 19.1. The predicted molar refractivity (Wildman–Crippen MR) is 96.5 cm³/mol. The standard InChI is InChI=1S/C20H19F2N3O2/c1-20(27-17-5-3-2-4-6-17)12-24(13-20)19(26)25-18(7-8-23-25)14-9-15(21)11-16(22)10-14/h2-6,8-11,18H,7,12-13H2,1H3. The van der Waals surface area contributed by atoms with E-state index in [9.17, 15) is 13.6 Å². The van der Waals surface area contributed by atoms with Crippen LogP contribution in [0.4, 0.5) is 13.6 Å². The largest absolute Gasteiger partial charge is 0.484 e. The molecule has 2 aliphatic rings. The highest BCUT2D eigenvalue weighted by Gasteiger charge is 2.46. The lowest BCUT2D eigenvalue weighted by Gasteiger charge is -2.48. The molecule has 1 fully saturated rings. The Morgan fingerprint density at radius 1 is 1.15 bits per heavy atom. The number of benzene rings is 2. The average Bonchev–Trinajstić information content (AvgIpc) is 3.09. The lowest BCUT2D eigenvalue weighted by molar-refractivity contribution is -0.0481. The quantitative estimate of drug-likeness (QED) is 0.820. The number of carbonyl (C=O) groups excluding carboxylic acids is 1. The molecule has 1 unspecified atom stereocenters. The molecule has 2 aliphatic heterocycles. The van der Waals surface area contributed by atoms with Crippen LogP contribution in [0.2, 0.25) is 0 Å². The molecule has 0 aliphatic carbocycles. The Hall–Kier alpha value is -2.96. The number of para-hydroxylation sites is 1. The van der Waals surface area contributed by atoms with Crippen LogP contribution in [0.5, 0.6) is 5.75 Å². The van der Waals surface area contributed by atoms with Crippen molar-refractivity contribution >= 4 is 12.2 Å². The molecule has 0 radical (unpaired) electrons. The van der Waals surface area contributed by atoms with Gasteiger partial charge in [-0.15, -0.1) is 0 Å². The zero-order chi connectivity index (χ0) is 19.0. The number of urea groups is 1. The lowest BCUT2D eigenvalue weighted by atomic mass is 9.96. The van der Waals surface area contributed by atoms with Gasteiger partial charge < -0.3 is 9.64 Å². The minimum absolute atomic E-state index is 0.299. The maximum absolute atomic E-state index is 13.5. The minimum Gasteiger partial charge on any atom is -0.484 e. The highest BCUT2D eigenvalue weighted by molar-refractivity contribution is 5.79. The molecule has 0 bridgehead atoms. The first kappa shape index (κ1) is 17.5. The van der Waals surface area contributed by atoms with Crippen LogP contribution in [-0.2, 0) is 0 Å². The molecule has 5 nitrogen and oxygen atoms in total. The number of nitrogens with zero attached hydrogens (tertiary/aromatic N) is 3. The summed E-state index contributed by atoms with van der Waals surface area (Å²) < 4.78 is 33.1. The first-order valence-electron chi connectivity index (χ1n) is 8.74. The number of halogens is 2. The molecule has 1 saturated heterocycles. The fraction of sp³-hybridized carbons (Fsp3) is 0.300. The summed E-state index contributed by atoms with van der Waals surface area (Å²) in [6.07, 6.45) is 2.01.